The lowest BCUT2D eigenvalue weighted by atomic mass is 9.88. The third kappa shape index (κ3) is 3.52. The van der Waals surface area contributed by atoms with Crippen molar-refractivity contribution in [3.63, 3.8) is 0 Å². The second-order valence-corrected chi connectivity index (χ2v) is 7.69. The topological polar surface area (TPSA) is 78.8 Å². The van der Waals surface area contributed by atoms with Crippen molar-refractivity contribution in [1.29, 1.82) is 0 Å². The number of fused-ring (bicyclic) bond motifs is 2. The Morgan fingerprint density at radius 1 is 1.19 bits per heavy atom. The van der Waals surface area contributed by atoms with E-state index in [1.165, 1.54) is 29.6 Å². The van der Waals surface area contributed by atoms with E-state index in [9.17, 15) is 4.39 Å². The maximum atomic E-state index is 14.4. The van der Waals surface area contributed by atoms with Crippen LogP contribution in [0.15, 0.2) is 61.4 Å². The average Bonchev–Trinajstić information content (AvgIpc) is 3.18. The smallest absolute Gasteiger partial charge is 0.164 e. The maximum Gasteiger partial charge on any atom is 0.164 e. The first-order chi connectivity index (χ1) is 15.1. The van der Waals surface area contributed by atoms with E-state index in [0.717, 1.165) is 19.3 Å². The molecule has 2 N–H and O–H groups in total. The SMILES string of the molecule is C=CCOc1cc(F)cc(-c2nn(C3CCc4ccccc4C3)c3ncnc(N)c23)c1. The summed E-state index contributed by atoms with van der Waals surface area (Å²) in [4.78, 5) is 8.64. The number of aromatic nitrogens is 4. The molecular weight excluding hydrogens is 393 g/mol. The van der Waals surface area contributed by atoms with Gasteiger partial charge in [-0.3, -0.25) is 0 Å². The van der Waals surface area contributed by atoms with Crippen LogP contribution >= 0.6 is 0 Å². The minimum absolute atomic E-state index is 0.130. The monoisotopic (exact) mass is 415 g/mol. The number of hydrogen-bond donors (Lipinski definition) is 1. The van der Waals surface area contributed by atoms with E-state index in [2.05, 4.69) is 40.8 Å². The molecule has 0 radical (unpaired) electrons. The van der Waals surface area contributed by atoms with E-state index < -0.39 is 5.82 Å². The molecule has 2 aromatic heterocycles. The molecule has 6 nitrogen and oxygen atoms in total. The van der Waals surface area contributed by atoms with Crippen LogP contribution in [-0.2, 0) is 12.8 Å². The Morgan fingerprint density at radius 2 is 2.03 bits per heavy atom. The Bertz CT molecular complexity index is 1280. The fourth-order valence-electron chi connectivity index (χ4n) is 4.28. The van der Waals surface area contributed by atoms with Crippen LogP contribution in [0.3, 0.4) is 0 Å². The summed E-state index contributed by atoms with van der Waals surface area (Å²) < 4.78 is 21.8. The minimum atomic E-state index is -0.415. The fourth-order valence-corrected chi connectivity index (χ4v) is 4.28. The summed E-state index contributed by atoms with van der Waals surface area (Å²) >= 11 is 0. The van der Waals surface area contributed by atoms with Gasteiger partial charge in [0.1, 0.15) is 36.0 Å². The zero-order valence-corrected chi connectivity index (χ0v) is 17.0. The second-order valence-electron chi connectivity index (χ2n) is 7.69. The first-order valence-corrected chi connectivity index (χ1v) is 10.2. The third-order valence-corrected chi connectivity index (χ3v) is 5.70. The molecule has 156 valence electrons. The first-order valence-electron chi connectivity index (χ1n) is 10.2. The average molecular weight is 415 g/mol. The zero-order valence-electron chi connectivity index (χ0n) is 17.0. The summed E-state index contributed by atoms with van der Waals surface area (Å²) in [5, 5.41) is 5.50. The molecule has 7 heteroatoms. The number of nitrogen functional groups attached to an aromatic ring is 1. The third-order valence-electron chi connectivity index (χ3n) is 5.70. The van der Waals surface area contributed by atoms with E-state index in [1.54, 1.807) is 12.1 Å². The number of benzene rings is 2. The molecule has 2 aromatic carbocycles. The highest BCUT2D eigenvalue weighted by Crippen LogP contribution is 2.36. The Labute approximate surface area is 179 Å². The molecule has 0 saturated carbocycles. The van der Waals surface area contributed by atoms with Crippen LogP contribution in [-0.4, -0.2) is 26.4 Å². The van der Waals surface area contributed by atoms with Gasteiger partial charge in [-0.25, -0.2) is 19.0 Å². The maximum absolute atomic E-state index is 14.4. The number of nitrogens with two attached hydrogens (primary N) is 1. The van der Waals surface area contributed by atoms with E-state index in [0.29, 0.717) is 33.9 Å². The van der Waals surface area contributed by atoms with Gasteiger partial charge in [0.2, 0.25) is 0 Å². The number of rotatable bonds is 5. The molecule has 0 fully saturated rings. The molecule has 31 heavy (non-hydrogen) atoms. The number of aryl methyl sites for hydroxylation is 1. The van der Waals surface area contributed by atoms with Crippen molar-refractivity contribution in [3.05, 3.63) is 78.4 Å². The normalized spacial score (nSPS) is 15.6. The molecule has 0 bridgehead atoms. The highest BCUT2D eigenvalue weighted by atomic mass is 19.1. The van der Waals surface area contributed by atoms with Crippen molar-refractivity contribution in [2.45, 2.75) is 25.3 Å². The van der Waals surface area contributed by atoms with Crippen LogP contribution in [0.2, 0.25) is 0 Å². The number of anilines is 1. The quantitative estimate of drug-likeness (QED) is 0.485. The molecule has 1 unspecified atom stereocenters. The Kier molecular flexibility index (Phi) is 4.86. The van der Waals surface area contributed by atoms with Gasteiger partial charge in [0, 0.05) is 11.6 Å². The van der Waals surface area contributed by atoms with Crippen molar-refractivity contribution >= 4 is 16.9 Å². The molecule has 0 amide bonds. The molecule has 4 aromatic rings. The molecule has 1 atom stereocenters. The Balaban J connectivity index is 1.63. The van der Waals surface area contributed by atoms with Crippen molar-refractivity contribution in [3.8, 4) is 17.0 Å². The second kappa shape index (κ2) is 7.83. The lowest BCUT2D eigenvalue weighted by Gasteiger charge is -2.25. The predicted octanol–water partition coefficient (Wildman–Crippen LogP) is 4.51. The van der Waals surface area contributed by atoms with E-state index >= 15 is 0 Å². The van der Waals surface area contributed by atoms with Gasteiger partial charge in [0.15, 0.2) is 5.65 Å². The zero-order chi connectivity index (χ0) is 21.4. The summed E-state index contributed by atoms with van der Waals surface area (Å²) in [6.45, 7) is 3.92. The number of ether oxygens (including phenoxy) is 1. The van der Waals surface area contributed by atoms with E-state index in [4.69, 9.17) is 15.6 Å². The van der Waals surface area contributed by atoms with Gasteiger partial charge in [-0.2, -0.15) is 5.10 Å². The van der Waals surface area contributed by atoms with Crippen LogP contribution in [0.4, 0.5) is 10.2 Å². The van der Waals surface area contributed by atoms with Gasteiger partial charge in [0.25, 0.3) is 0 Å². The van der Waals surface area contributed by atoms with Gasteiger partial charge in [-0.1, -0.05) is 36.9 Å². The lowest BCUT2D eigenvalue weighted by Crippen LogP contribution is -2.20. The van der Waals surface area contributed by atoms with Gasteiger partial charge in [-0.15, -0.1) is 0 Å². The molecular formula is C24H22FN5O. The van der Waals surface area contributed by atoms with E-state index in [1.807, 2.05) is 4.68 Å². The molecule has 1 aliphatic carbocycles. The molecule has 0 spiro atoms. The Hall–Kier alpha value is -3.74. The van der Waals surface area contributed by atoms with E-state index in [-0.39, 0.29) is 12.6 Å². The summed E-state index contributed by atoms with van der Waals surface area (Å²) in [5.74, 6) is 0.307. The fraction of sp³-hybridized carbons (Fsp3) is 0.208. The molecule has 1 aliphatic rings. The standard InChI is InChI=1S/C24H22FN5O/c1-2-9-31-20-12-17(10-18(25)13-20)22-21-23(26)27-14-28-24(21)30(29-22)19-8-7-15-5-3-4-6-16(15)11-19/h2-6,10,12-14,19H,1,7-9,11H2,(H2,26,27,28). The van der Waals surface area contributed by atoms with Crippen molar-refractivity contribution in [2.75, 3.05) is 12.3 Å². The van der Waals surface area contributed by atoms with Gasteiger partial charge < -0.3 is 10.5 Å². The van der Waals surface area contributed by atoms with Gasteiger partial charge in [0.05, 0.1) is 11.4 Å². The van der Waals surface area contributed by atoms with Crippen LogP contribution in [0.5, 0.6) is 5.75 Å². The Morgan fingerprint density at radius 3 is 2.87 bits per heavy atom. The largest absolute Gasteiger partial charge is 0.489 e. The first kappa shape index (κ1) is 19.2. The lowest BCUT2D eigenvalue weighted by molar-refractivity contribution is 0.361. The van der Waals surface area contributed by atoms with Crippen LogP contribution in [0.25, 0.3) is 22.3 Å². The molecule has 0 saturated heterocycles. The van der Waals surface area contributed by atoms with Gasteiger partial charge >= 0.3 is 0 Å². The van der Waals surface area contributed by atoms with Crippen LogP contribution in [0, 0.1) is 5.82 Å². The number of hydrogen-bond acceptors (Lipinski definition) is 5. The van der Waals surface area contributed by atoms with Crippen LogP contribution in [0.1, 0.15) is 23.6 Å². The minimum Gasteiger partial charge on any atom is -0.489 e. The summed E-state index contributed by atoms with van der Waals surface area (Å²) in [6, 6.07) is 13.1. The van der Waals surface area contributed by atoms with Crippen LogP contribution < -0.4 is 10.5 Å². The number of halogens is 1. The highest BCUT2D eigenvalue weighted by Gasteiger charge is 2.26. The molecule has 0 aliphatic heterocycles. The predicted molar refractivity (Wildman–Crippen MR) is 118 cm³/mol. The number of nitrogens with zero attached hydrogens (tertiary/aromatic N) is 4. The summed E-state index contributed by atoms with van der Waals surface area (Å²) in [7, 11) is 0. The molecule has 2 heterocycles. The van der Waals surface area contributed by atoms with Crippen molar-refractivity contribution in [2.24, 2.45) is 0 Å². The van der Waals surface area contributed by atoms with Crippen molar-refractivity contribution < 1.29 is 9.13 Å². The summed E-state index contributed by atoms with van der Waals surface area (Å²) in [6.07, 6.45) is 5.82. The summed E-state index contributed by atoms with van der Waals surface area (Å²) in [5.41, 5.74) is 10.7. The van der Waals surface area contributed by atoms with Gasteiger partial charge in [-0.05, 0) is 42.5 Å². The van der Waals surface area contributed by atoms with Crippen molar-refractivity contribution in [1.82, 2.24) is 19.7 Å². The molecule has 5 rings (SSSR count). The highest BCUT2D eigenvalue weighted by molar-refractivity contribution is 5.98.